The number of ether oxygens (including phenoxy) is 1. The van der Waals surface area contributed by atoms with Gasteiger partial charge in [0.15, 0.2) is 0 Å². The normalized spacial score (nSPS) is 25.2. The zero-order chi connectivity index (χ0) is 14.6. The van der Waals surface area contributed by atoms with Crippen molar-refractivity contribution in [2.75, 3.05) is 39.3 Å². The number of halogens is 4. The van der Waals surface area contributed by atoms with Crippen LogP contribution in [0.4, 0.5) is 13.2 Å². The van der Waals surface area contributed by atoms with Gasteiger partial charge in [0.05, 0.1) is 0 Å². The molecule has 2 aliphatic rings. The molecule has 0 radical (unpaired) electrons. The molecule has 0 aromatic heterocycles. The number of hydrogen-bond donors (Lipinski definition) is 2. The smallest absolute Gasteiger partial charge is 0.368 e. The summed E-state index contributed by atoms with van der Waals surface area (Å²) in [4.78, 5) is 13.1. The van der Waals surface area contributed by atoms with Gasteiger partial charge in [-0.2, -0.15) is 13.2 Å². The first-order chi connectivity index (χ1) is 9.48. The molecule has 0 aromatic carbocycles. The number of carbonyl (C=O) groups excluding carboxylic acids is 1. The molecule has 21 heavy (non-hydrogen) atoms. The lowest BCUT2D eigenvalue weighted by molar-refractivity contribution is -0.184. The molecule has 0 spiro atoms. The number of nitrogens with one attached hydrogen (secondary N) is 2. The second-order valence-electron chi connectivity index (χ2n) is 5.09. The second-order valence-corrected chi connectivity index (χ2v) is 5.09. The lowest BCUT2D eigenvalue weighted by Crippen LogP contribution is -2.58. The average molecular weight is 332 g/mol. The number of piperazine rings is 1. The van der Waals surface area contributed by atoms with Crippen LogP contribution < -0.4 is 10.6 Å². The van der Waals surface area contributed by atoms with Gasteiger partial charge in [0.2, 0.25) is 5.91 Å². The fraction of sp³-hybridized carbons (Fsp3) is 0.917. The van der Waals surface area contributed by atoms with Gasteiger partial charge in [-0.25, -0.2) is 0 Å². The van der Waals surface area contributed by atoms with E-state index in [0.29, 0.717) is 39.2 Å². The van der Waals surface area contributed by atoms with Gasteiger partial charge < -0.3 is 15.4 Å². The Morgan fingerprint density at radius 3 is 2.57 bits per heavy atom. The van der Waals surface area contributed by atoms with E-state index in [1.54, 1.807) is 0 Å². The molecule has 2 saturated heterocycles. The third-order valence-electron chi connectivity index (χ3n) is 3.66. The van der Waals surface area contributed by atoms with E-state index in [2.05, 4.69) is 10.6 Å². The summed E-state index contributed by atoms with van der Waals surface area (Å²) in [6.45, 7) is 1.82. The molecule has 2 atom stereocenters. The van der Waals surface area contributed by atoms with Gasteiger partial charge in [0.1, 0.15) is 12.1 Å². The fourth-order valence-corrected chi connectivity index (χ4v) is 2.54. The molecule has 1 amide bonds. The van der Waals surface area contributed by atoms with Crippen molar-refractivity contribution in [3.05, 3.63) is 0 Å². The molecule has 2 N–H and O–H groups in total. The minimum Gasteiger partial charge on any atom is -0.368 e. The first-order valence-corrected chi connectivity index (χ1v) is 6.89. The van der Waals surface area contributed by atoms with E-state index in [1.807, 2.05) is 0 Å². The van der Waals surface area contributed by atoms with Crippen molar-refractivity contribution >= 4 is 18.3 Å². The Morgan fingerprint density at radius 2 is 2.05 bits per heavy atom. The highest BCUT2D eigenvalue weighted by atomic mass is 35.5. The average Bonchev–Trinajstić information content (AvgIpc) is 2.92. The van der Waals surface area contributed by atoms with Crippen LogP contribution in [0.2, 0.25) is 0 Å². The van der Waals surface area contributed by atoms with Crippen molar-refractivity contribution in [1.29, 1.82) is 0 Å². The van der Waals surface area contributed by atoms with Gasteiger partial charge in [-0.3, -0.25) is 9.69 Å². The molecule has 2 heterocycles. The van der Waals surface area contributed by atoms with Crippen molar-refractivity contribution < 1.29 is 22.7 Å². The van der Waals surface area contributed by atoms with Crippen molar-refractivity contribution in [3.63, 3.8) is 0 Å². The largest absolute Gasteiger partial charge is 0.405 e. The molecule has 0 saturated carbocycles. The lowest BCUT2D eigenvalue weighted by atomic mass is 10.2. The van der Waals surface area contributed by atoms with Crippen LogP contribution in [0.5, 0.6) is 0 Å². The Balaban J connectivity index is 0.00000220. The summed E-state index contributed by atoms with van der Waals surface area (Å²) >= 11 is 0. The van der Waals surface area contributed by atoms with E-state index >= 15 is 0 Å². The van der Waals surface area contributed by atoms with Crippen LogP contribution >= 0.6 is 12.4 Å². The molecular weight excluding hydrogens is 311 g/mol. The topological polar surface area (TPSA) is 53.6 Å². The molecule has 0 aliphatic carbocycles. The third kappa shape index (κ3) is 5.28. The monoisotopic (exact) mass is 331 g/mol. The zero-order valence-electron chi connectivity index (χ0n) is 11.6. The molecule has 2 unspecified atom stereocenters. The van der Waals surface area contributed by atoms with Crippen LogP contribution in [0.25, 0.3) is 0 Å². The van der Waals surface area contributed by atoms with Crippen LogP contribution in [0.1, 0.15) is 12.8 Å². The Morgan fingerprint density at radius 1 is 1.38 bits per heavy atom. The second kappa shape index (κ2) is 8.17. The van der Waals surface area contributed by atoms with Gasteiger partial charge in [0, 0.05) is 39.3 Å². The predicted octanol–water partition coefficient (Wildman–Crippen LogP) is 0.539. The minimum absolute atomic E-state index is 0. The van der Waals surface area contributed by atoms with Crippen molar-refractivity contribution in [2.24, 2.45) is 0 Å². The van der Waals surface area contributed by atoms with Gasteiger partial charge >= 0.3 is 6.18 Å². The highest BCUT2D eigenvalue weighted by Gasteiger charge is 2.44. The number of amides is 1. The van der Waals surface area contributed by atoms with E-state index < -0.39 is 30.8 Å². The van der Waals surface area contributed by atoms with E-state index in [9.17, 15) is 18.0 Å². The highest BCUT2D eigenvalue weighted by molar-refractivity contribution is 5.85. The summed E-state index contributed by atoms with van der Waals surface area (Å²) in [5.41, 5.74) is 0. The summed E-state index contributed by atoms with van der Waals surface area (Å²) in [6, 6.07) is -1.63. The van der Waals surface area contributed by atoms with Crippen molar-refractivity contribution in [1.82, 2.24) is 15.5 Å². The Bertz CT molecular complexity index is 332. The van der Waals surface area contributed by atoms with Crippen molar-refractivity contribution in [3.8, 4) is 0 Å². The van der Waals surface area contributed by atoms with Crippen LogP contribution in [-0.2, 0) is 9.53 Å². The van der Waals surface area contributed by atoms with E-state index in [4.69, 9.17) is 4.74 Å². The third-order valence-corrected chi connectivity index (χ3v) is 3.66. The molecular formula is C12H21ClF3N3O2. The number of hydrogen-bond acceptors (Lipinski definition) is 4. The van der Waals surface area contributed by atoms with Crippen LogP contribution in [-0.4, -0.2) is 68.5 Å². The molecule has 2 rings (SSSR count). The van der Waals surface area contributed by atoms with Crippen LogP contribution in [0.3, 0.4) is 0 Å². The Hall–Kier alpha value is -0.570. The summed E-state index contributed by atoms with van der Waals surface area (Å²) in [5, 5.41) is 5.40. The summed E-state index contributed by atoms with van der Waals surface area (Å²) in [6.07, 6.45) is -3.58. The van der Waals surface area contributed by atoms with E-state index in [0.717, 1.165) is 6.42 Å². The maximum absolute atomic E-state index is 13.1. The molecule has 124 valence electrons. The zero-order valence-corrected chi connectivity index (χ0v) is 12.4. The predicted molar refractivity (Wildman–Crippen MR) is 73.5 cm³/mol. The Labute approximate surface area is 128 Å². The van der Waals surface area contributed by atoms with Gasteiger partial charge in [0.25, 0.3) is 0 Å². The fourth-order valence-electron chi connectivity index (χ4n) is 2.54. The van der Waals surface area contributed by atoms with Gasteiger partial charge in [-0.15, -0.1) is 12.4 Å². The molecule has 5 nitrogen and oxygen atoms in total. The summed E-state index contributed by atoms with van der Waals surface area (Å²) in [5.74, 6) is -0.438. The Kier molecular flexibility index (Phi) is 7.19. The number of rotatable bonds is 4. The molecule has 2 aliphatic heterocycles. The quantitative estimate of drug-likeness (QED) is 0.789. The standard InChI is InChI=1S/C12H20F3N3O2.ClH/c13-12(14,15)10(18-5-3-16-4-6-18)8-17-11(19)9-2-1-7-20-9;/h9-10,16H,1-8H2,(H,17,19);1H. The minimum atomic E-state index is -4.35. The number of nitrogens with zero attached hydrogens (tertiary/aromatic N) is 1. The SMILES string of the molecule is Cl.O=C(NCC(N1CCNCC1)C(F)(F)F)C1CCCO1. The number of carbonyl (C=O) groups is 1. The van der Waals surface area contributed by atoms with Crippen LogP contribution in [0.15, 0.2) is 0 Å². The summed E-state index contributed by atoms with van der Waals surface area (Å²) in [7, 11) is 0. The number of alkyl halides is 3. The van der Waals surface area contributed by atoms with Crippen LogP contribution in [0, 0.1) is 0 Å². The first-order valence-electron chi connectivity index (χ1n) is 6.89. The van der Waals surface area contributed by atoms with Gasteiger partial charge in [-0.1, -0.05) is 0 Å². The molecule has 9 heteroatoms. The molecule has 0 bridgehead atoms. The maximum Gasteiger partial charge on any atom is 0.405 e. The highest BCUT2D eigenvalue weighted by Crippen LogP contribution is 2.25. The lowest BCUT2D eigenvalue weighted by Gasteiger charge is -2.36. The molecule has 2 fully saturated rings. The van der Waals surface area contributed by atoms with Gasteiger partial charge in [-0.05, 0) is 12.8 Å². The summed E-state index contributed by atoms with van der Waals surface area (Å²) < 4.78 is 44.4. The van der Waals surface area contributed by atoms with E-state index in [-0.39, 0.29) is 12.4 Å². The van der Waals surface area contributed by atoms with E-state index in [1.165, 1.54) is 4.90 Å². The van der Waals surface area contributed by atoms with Crippen molar-refractivity contribution in [2.45, 2.75) is 31.2 Å². The maximum atomic E-state index is 13.1. The first kappa shape index (κ1) is 18.5. The molecule has 0 aromatic rings.